The van der Waals surface area contributed by atoms with Crippen LogP contribution in [0.15, 0.2) is 22.2 Å². The van der Waals surface area contributed by atoms with E-state index in [-0.39, 0.29) is 5.91 Å². The molecule has 2 fully saturated rings. The molecule has 0 saturated carbocycles. The smallest absolute Gasteiger partial charge is 0.227 e. The zero-order valence-electron chi connectivity index (χ0n) is 14.8. The molecule has 0 aromatic carbocycles. The van der Waals surface area contributed by atoms with E-state index >= 15 is 0 Å². The van der Waals surface area contributed by atoms with Gasteiger partial charge in [0.05, 0.1) is 25.3 Å². The Morgan fingerprint density at radius 3 is 2.65 bits per heavy atom. The molecular weight excluding hydrogens is 368 g/mol. The molecule has 0 radical (unpaired) electrons. The number of piperazine rings is 1. The Balaban J connectivity index is 1.27. The van der Waals surface area contributed by atoms with Crippen LogP contribution >= 0.6 is 22.7 Å². The van der Waals surface area contributed by atoms with E-state index in [1.807, 2.05) is 16.3 Å². The second-order valence-corrected chi connectivity index (χ2v) is 8.30. The Labute approximate surface area is 162 Å². The Kier molecular flexibility index (Phi) is 5.84. The zero-order valence-corrected chi connectivity index (χ0v) is 16.4. The molecule has 2 saturated heterocycles. The number of carbonyl (C=O) groups is 1. The first-order valence-electron chi connectivity index (χ1n) is 9.06. The normalized spacial score (nSPS) is 19.1. The van der Waals surface area contributed by atoms with Crippen LogP contribution in [0.25, 0.3) is 0 Å². The summed E-state index contributed by atoms with van der Waals surface area (Å²) in [7, 11) is 0. The lowest BCUT2D eigenvalue weighted by atomic mass is 10.2. The maximum atomic E-state index is 12.4. The highest BCUT2D eigenvalue weighted by Crippen LogP contribution is 2.23. The van der Waals surface area contributed by atoms with Gasteiger partial charge >= 0.3 is 0 Å². The molecule has 6 nitrogen and oxygen atoms in total. The van der Waals surface area contributed by atoms with Gasteiger partial charge in [0.2, 0.25) is 5.91 Å². The number of rotatable bonds is 5. The van der Waals surface area contributed by atoms with Crippen molar-refractivity contribution in [2.45, 2.75) is 13.0 Å². The molecule has 0 N–H and O–H groups in total. The van der Waals surface area contributed by atoms with E-state index in [1.165, 1.54) is 0 Å². The van der Waals surface area contributed by atoms with Crippen LogP contribution in [0.1, 0.15) is 11.3 Å². The highest BCUT2D eigenvalue weighted by Gasteiger charge is 2.23. The van der Waals surface area contributed by atoms with Crippen LogP contribution < -0.4 is 4.90 Å². The van der Waals surface area contributed by atoms with Gasteiger partial charge in [-0.25, -0.2) is 4.98 Å². The first-order chi connectivity index (χ1) is 12.8. The predicted octanol–water partition coefficient (Wildman–Crippen LogP) is 1.93. The van der Waals surface area contributed by atoms with Crippen LogP contribution in [0, 0.1) is 0 Å². The van der Waals surface area contributed by atoms with Gasteiger partial charge in [0.15, 0.2) is 5.13 Å². The van der Waals surface area contributed by atoms with E-state index in [0.717, 1.165) is 75.4 Å². The number of amides is 1. The van der Waals surface area contributed by atoms with E-state index < -0.39 is 0 Å². The molecule has 0 aliphatic carbocycles. The molecule has 4 heterocycles. The third-order valence-corrected chi connectivity index (χ3v) is 6.55. The highest BCUT2D eigenvalue weighted by molar-refractivity contribution is 7.13. The van der Waals surface area contributed by atoms with Crippen LogP contribution in [0.2, 0.25) is 0 Å². The van der Waals surface area contributed by atoms with Crippen molar-refractivity contribution >= 4 is 33.7 Å². The van der Waals surface area contributed by atoms with E-state index in [4.69, 9.17) is 9.72 Å². The molecule has 26 heavy (non-hydrogen) atoms. The standard InChI is InChI=1S/C18H24N4O2S2/c23-17(11-15-1-10-25-13-15)21-2-4-22(5-3-21)18-19-16(14-26-18)12-20-6-8-24-9-7-20/h1,10,13-14H,2-9,11-12H2. The average molecular weight is 393 g/mol. The van der Waals surface area contributed by atoms with Crippen molar-refractivity contribution in [1.82, 2.24) is 14.8 Å². The molecule has 0 bridgehead atoms. The van der Waals surface area contributed by atoms with Crippen molar-refractivity contribution in [3.05, 3.63) is 33.5 Å². The first kappa shape index (κ1) is 17.9. The Hall–Kier alpha value is -1.48. The van der Waals surface area contributed by atoms with E-state index in [1.54, 1.807) is 22.7 Å². The lowest BCUT2D eigenvalue weighted by Crippen LogP contribution is -2.49. The summed E-state index contributed by atoms with van der Waals surface area (Å²) >= 11 is 3.36. The van der Waals surface area contributed by atoms with E-state index in [0.29, 0.717) is 6.42 Å². The summed E-state index contributed by atoms with van der Waals surface area (Å²) in [5, 5.41) is 7.33. The first-order valence-corrected chi connectivity index (χ1v) is 10.9. The number of carbonyl (C=O) groups excluding carboxylic acids is 1. The van der Waals surface area contributed by atoms with Gasteiger partial charge in [0.25, 0.3) is 0 Å². The number of hydrogen-bond donors (Lipinski definition) is 0. The highest BCUT2D eigenvalue weighted by atomic mass is 32.1. The molecule has 8 heteroatoms. The number of hydrogen-bond acceptors (Lipinski definition) is 7. The van der Waals surface area contributed by atoms with E-state index in [2.05, 4.69) is 20.6 Å². The fourth-order valence-corrected chi connectivity index (χ4v) is 4.87. The Morgan fingerprint density at radius 1 is 1.12 bits per heavy atom. The van der Waals surface area contributed by atoms with Gasteiger partial charge in [0.1, 0.15) is 0 Å². The Bertz CT molecular complexity index is 705. The summed E-state index contributed by atoms with van der Waals surface area (Å²) in [6, 6.07) is 2.03. The summed E-state index contributed by atoms with van der Waals surface area (Å²) in [5.74, 6) is 0.232. The number of ether oxygens (including phenoxy) is 1. The van der Waals surface area contributed by atoms with Crippen molar-refractivity contribution in [2.75, 3.05) is 57.4 Å². The van der Waals surface area contributed by atoms with Gasteiger partial charge in [-0.15, -0.1) is 11.3 Å². The molecule has 140 valence electrons. The second kappa shape index (κ2) is 8.47. The number of anilines is 1. The van der Waals surface area contributed by atoms with Crippen molar-refractivity contribution in [1.29, 1.82) is 0 Å². The third-order valence-electron chi connectivity index (χ3n) is 4.87. The van der Waals surface area contributed by atoms with Crippen LogP contribution in [-0.4, -0.2) is 73.2 Å². The molecule has 2 aromatic heterocycles. The molecule has 2 aliphatic heterocycles. The summed E-state index contributed by atoms with van der Waals surface area (Å²) in [4.78, 5) is 23.9. The summed E-state index contributed by atoms with van der Waals surface area (Å²) in [5.41, 5.74) is 2.26. The lowest BCUT2D eigenvalue weighted by Gasteiger charge is -2.34. The van der Waals surface area contributed by atoms with Gasteiger partial charge in [-0.05, 0) is 22.4 Å². The van der Waals surface area contributed by atoms with Crippen LogP contribution in [0.4, 0.5) is 5.13 Å². The van der Waals surface area contributed by atoms with Gasteiger partial charge in [-0.2, -0.15) is 11.3 Å². The molecule has 0 atom stereocenters. The van der Waals surface area contributed by atoms with Gasteiger partial charge in [0, 0.05) is 51.2 Å². The largest absolute Gasteiger partial charge is 0.379 e. The minimum Gasteiger partial charge on any atom is -0.379 e. The molecule has 2 aromatic rings. The summed E-state index contributed by atoms with van der Waals surface area (Å²) in [6.07, 6.45) is 0.518. The monoisotopic (exact) mass is 392 g/mol. The summed E-state index contributed by atoms with van der Waals surface area (Å²) in [6.45, 7) is 7.79. The Morgan fingerprint density at radius 2 is 1.92 bits per heavy atom. The van der Waals surface area contributed by atoms with Crippen molar-refractivity contribution in [2.24, 2.45) is 0 Å². The van der Waals surface area contributed by atoms with Crippen LogP contribution in [-0.2, 0) is 22.5 Å². The topological polar surface area (TPSA) is 48.9 Å². The lowest BCUT2D eigenvalue weighted by molar-refractivity contribution is -0.130. The van der Waals surface area contributed by atoms with Gasteiger partial charge in [-0.3, -0.25) is 9.69 Å². The second-order valence-electron chi connectivity index (χ2n) is 6.69. The predicted molar refractivity (Wildman–Crippen MR) is 105 cm³/mol. The maximum absolute atomic E-state index is 12.4. The minimum atomic E-state index is 0.232. The molecule has 0 unspecified atom stereocenters. The maximum Gasteiger partial charge on any atom is 0.227 e. The van der Waals surface area contributed by atoms with Crippen LogP contribution in [0.5, 0.6) is 0 Å². The number of morpholine rings is 1. The quantitative estimate of drug-likeness (QED) is 0.778. The molecule has 2 aliphatic rings. The zero-order chi connectivity index (χ0) is 17.8. The number of aromatic nitrogens is 1. The van der Waals surface area contributed by atoms with Crippen molar-refractivity contribution < 1.29 is 9.53 Å². The van der Waals surface area contributed by atoms with E-state index in [9.17, 15) is 4.79 Å². The van der Waals surface area contributed by atoms with Gasteiger partial charge < -0.3 is 14.5 Å². The fourth-order valence-electron chi connectivity index (χ4n) is 3.33. The number of thiophene rings is 1. The molecule has 1 amide bonds. The number of nitrogens with zero attached hydrogens (tertiary/aromatic N) is 4. The van der Waals surface area contributed by atoms with Crippen LogP contribution in [0.3, 0.4) is 0 Å². The van der Waals surface area contributed by atoms with Crippen molar-refractivity contribution in [3.8, 4) is 0 Å². The van der Waals surface area contributed by atoms with Gasteiger partial charge in [-0.1, -0.05) is 0 Å². The molecular formula is C18H24N4O2S2. The number of thiazole rings is 1. The minimum absolute atomic E-state index is 0.232. The molecule has 4 rings (SSSR count). The molecule has 0 spiro atoms. The SMILES string of the molecule is O=C(Cc1ccsc1)N1CCN(c2nc(CN3CCOCC3)cs2)CC1. The summed E-state index contributed by atoms with van der Waals surface area (Å²) < 4.78 is 5.40. The van der Waals surface area contributed by atoms with Crippen molar-refractivity contribution in [3.63, 3.8) is 0 Å². The average Bonchev–Trinajstić information content (AvgIpc) is 3.35. The fraction of sp³-hybridized carbons (Fsp3) is 0.556. The third kappa shape index (κ3) is 4.43.